The Hall–Kier alpha value is -2.50. The first-order chi connectivity index (χ1) is 11.6. The molecule has 0 saturated heterocycles. The number of aromatic nitrogens is 2. The largest absolute Gasteiger partial charge is 0.458 e. The molecule has 0 amide bonds. The number of hydrogen-bond donors (Lipinski definition) is 0. The van der Waals surface area contributed by atoms with Crippen LogP contribution >= 0.6 is 0 Å². The van der Waals surface area contributed by atoms with Gasteiger partial charge in [0.1, 0.15) is 12.1 Å². The van der Waals surface area contributed by atoms with Gasteiger partial charge in [0.05, 0.1) is 5.69 Å². The van der Waals surface area contributed by atoms with Gasteiger partial charge in [-0.3, -0.25) is 9.48 Å². The van der Waals surface area contributed by atoms with E-state index < -0.39 is 5.60 Å². The van der Waals surface area contributed by atoms with Crippen molar-refractivity contribution >= 4 is 17.5 Å². The minimum Gasteiger partial charge on any atom is -0.458 e. The number of hydrogen-bond acceptors (Lipinski definition) is 5. The highest BCUT2D eigenvalue weighted by molar-refractivity contribution is 5.69. The highest BCUT2D eigenvalue weighted by Crippen LogP contribution is 2.29. The van der Waals surface area contributed by atoms with E-state index in [0.29, 0.717) is 5.82 Å². The molecule has 134 valence electrons. The lowest BCUT2D eigenvalue weighted by molar-refractivity contribution is -0.159. The normalized spacial score (nSPS) is 12.5. The second-order valence-electron chi connectivity index (χ2n) is 7.88. The van der Waals surface area contributed by atoms with Crippen molar-refractivity contribution in [3.05, 3.63) is 42.6 Å². The summed E-state index contributed by atoms with van der Waals surface area (Å²) in [6.45, 7) is 10.3. The third kappa shape index (κ3) is 6.87. The Labute approximate surface area is 148 Å². The second kappa shape index (κ2) is 7.59. The lowest BCUT2D eigenvalue weighted by atomic mass is 9.84. The van der Waals surface area contributed by atoms with E-state index in [1.165, 1.54) is 4.68 Å². The Kier molecular flexibility index (Phi) is 5.72. The molecule has 0 spiro atoms. The number of rotatable bonds is 6. The molecule has 2 rings (SSSR count). The fraction of sp³-hybridized carbons (Fsp3) is 0.474. The molecule has 6 heteroatoms. The van der Waals surface area contributed by atoms with E-state index in [4.69, 9.17) is 4.74 Å². The summed E-state index contributed by atoms with van der Waals surface area (Å²) >= 11 is 0. The van der Waals surface area contributed by atoms with Gasteiger partial charge < -0.3 is 4.74 Å². The van der Waals surface area contributed by atoms with Crippen molar-refractivity contribution in [3.63, 3.8) is 0 Å². The standard InChI is InChI=1S/C19H26N4O2/c1-18(2,3)14-19(4,5)25-17(24)13-23-12-11-16(22-23)21-20-15-9-7-6-8-10-15/h6-12H,13-14H2,1-5H3. The van der Waals surface area contributed by atoms with Crippen LogP contribution in [0.5, 0.6) is 0 Å². The third-order valence-electron chi connectivity index (χ3n) is 3.29. The van der Waals surface area contributed by atoms with Crippen molar-refractivity contribution in [3.8, 4) is 0 Å². The number of esters is 1. The summed E-state index contributed by atoms with van der Waals surface area (Å²) in [6.07, 6.45) is 2.47. The van der Waals surface area contributed by atoms with E-state index in [1.54, 1.807) is 12.3 Å². The van der Waals surface area contributed by atoms with Crippen LogP contribution in [-0.2, 0) is 16.1 Å². The van der Waals surface area contributed by atoms with Crippen LogP contribution in [0.4, 0.5) is 11.5 Å². The number of azo groups is 1. The van der Waals surface area contributed by atoms with Gasteiger partial charge in [0.25, 0.3) is 0 Å². The van der Waals surface area contributed by atoms with E-state index in [1.807, 2.05) is 44.2 Å². The van der Waals surface area contributed by atoms with E-state index in [2.05, 4.69) is 36.1 Å². The average Bonchev–Trinajstić information content (AvgIpc) is 2.90. The Morgan fingerprint density at radius 3 is 2.40 bits per heavy atom. The summed E-state index contributed by atoms with van der Waals surface area (Å²) in [4.78, 5) is 12.2. The molecule has 6 nitrogen and oxygen atoms in total. The molecule has 0 saturated carbocycles. The Morgan fingerprint density at radius 1 is 1.08 bits per heavy atom. The van der Waals surface area contributed by atoms with E-state index >= 15 is 0 Å². The molecule has 1 aromatic carbocycles. The van der Waals surface area contributed by atoms with Gasteiger partial charge in [-0.2, -0.15) is 5.10 Å². The summed E-state index contributed by atoms with van der Waals surface area (Å²) < 4.78 is 7.11. The molecule has 1 aromatic heterocycles. The van der Waals surface area contributed by atoms with Crippen LogP contribution < -0.4 is 0 Å². The summed E-state index contributed by atoms with van der Waals surface area (Å²) in [7, 11) is 0. The quantitative estimate of drug-likeness (QED) is 0.544. The fourth-order valence-corrected chi connectivity index (χ4v) is 2.88. The van der Waals surface area contributed by atoms with E-state index in [9.17, 15) is 4.79 Å². The molecular formula is C19H26N4O2. The lowest BCUT2D eigenvalue weighted by Gasteiger charge is -2.32. The van der Waals surface area contributed by atoms with E-state index in [0.717, 1.165) is 12.1 Å². The maximum absolute atomic E-state index is 12.2. The van der Waals surface area contributed by atoms with Crippen LogP contribution in [0.2, 0.25) is 0 Å². The number of ether oxygens (including phenoxy) is 1. The number of carbonyl (C=O) groups is 1. The van der Waals surface area contributed by atoms with Crippen LogP contribution in [0.1, 0.15) is 41.0 Å². The highest BCUT2D eigenvalue weighted by Gasteiger charge is 2.29. The first kappa shape index (κ1) is 18.8. The van der Waals surface area contributed by atoms with Gasteiger partial charge in [0, 0.05) is 12.3 Å². The zero-order chi connectivity index (χ0) is 18.5. The molecule has 2 aromatic rings. The molecule has 0 unspecified atom stereocenters. The summed E-state index contributed by atoms with van der Waals surface area (Å²) in [5, 5.41) is 12.4. The number of nitrogens with zero attached hydrogens (tertiary/aromatic N) is 4. The van der Waals surface area contributed by atoms with Gasteiger partial charge in [-0.05, 0) is 37.8 Å². The predicted octanol–water partition coefficient (Wildman–Crippen LogP) is 5.06. The smallest absolute Gasteiger partial charge is 0.328 e. The summed E-state index contributed by atoms with van der Waals surface area (Å²) in [5.74, 6) is 0.134. The molecule has 0 aliphatic carbocycles. The first-order valence-electron chi connectivity index (χ1n) is 8.35. The topological polar surface area (TPSA) is 68.8 Å². The number of benzene rings is 1. The van der Waals surface area contributed by atoms with Crippen molar-refractivity contribution in [2.24, 2.45) is 15.6 Å². The zero-order valence-corrected chi connectivity index (χ0v) is 15.6. The Bertz CT molecular complexity index is 727. The van der Waals surface area contributed by atoms with E-state index in [-0.39, 0.29) is 17.9 Å². The highest BCUT2D eigenvalue weighted by atomic mass is 16.6. The maximum Gasteiger partial charge on any atom is 0.328 e. The molecule has 0 bridgehead atoms. The minimum atomic E-state index is -0.516. The van der Waals surface area contributed by atoms with Gasteiger partial charge >= 0.3 is 5.97 Å². The summed E-state index contributed by atoms with van der Waals surface area (Å²) in [5.41, 5.74) is 0.319. The van der Waals surface area contributed by atoms with Gasteiger partial charge in [0.2, 0.25) is 0 Å². The molecule has 0 N–H and O–H groups in total. The Morgan fingerprint density at radius 2 is 1.76 bits per heavy atom. The molecule has 0 fully saturated rings. The van der Waals surface area contributed by atoms with Crippen molar-refractivity contribution in [1.29, 1.82) is 0 Å². The van der Waals surface area contributed by atoms with Crippen molar-refractivity contribution < 1.29 is 9.53 Å². The molecular weight excluding hydrogens is 316 g/mol. The lowest BCUT2D eigenvalue weighted by Crippen LogP contribution is -2.34. The van der Waals surface area contributed by atoms with Crippen LogP contribution in [-0.4, -0.2) is 21.4 Å². The van der Waals surface area contributed by atoms with Crippen molar-refractivity contribution in [2.75, 3.05) is 0 Å². The van der Waals surface area contributed by atoms with Crippen LogP contribution in [0.25, 0.3) is 0 Å². The fourth-order valence-electron chi connectivity index (χ4n) is 2.88. The maximum atomic E-state index is 12.2. The van der Waals surface area contributed by atoms with Gasteiger partial charge in [-0.1, -0.05) is 39.0 Å². The average molecular weight is 342 g/mol. The van der Waals surface area contributed by atoms with Crippen molar-refractivity contribution in [1.82, 2.24) is 9.78 Å². The molecule has 0 atom stereocenters. The molecule has 0 aliphatic rings. The van der Waals surface area contributed by atoms with Crippen LogP contribution in [0, 0.1) is 5.41 Å². The van der Waals surface area contributed by atoms with Crippen LogP contribution in [0.3, 0.4) is 0 Å². The molecule has 0 radical (unpaired) electrons. The van der Waals surface area contributed by atoms with Gasteiger partial charge in [-0.25, -0.2) is 0 Å². The van der Waals surface area contributed by atoms with Gasteiger partial charge in [-0.15, -0.1) is 10.2 Å². The number of carbonyl (C=O) groups excluding carboxylic acids is 1. The molecule has 25 heavy (non-hydrogen) atoms. The monoisotopic (exact) mass is 342 g/mol. The minimum absolute atomic E-state index is 0.0500. The van der Waals surface area contributed by atoms with Gasteiger partial charge in [0.15, 0.2) is 5.82 Å². The zero-order valence-electron chi connectivity index (χ0n) is 15.6. The molecule has 1 heterocycles. The predicted molar refractivity (Wildman–Crippen MR) is 97.1 cm³/mol. The SMILES string of the molecule is CC(C)(C)CC(C)(C)OC(=O)Cn1ccc(N=Nc2ccccc2)n1. The first-order valence-corrected chi connectivity index (χ1v) is 8.35. The van der Waals surface area contributed by atoms with Crippen LogP contribution in [0.15, 0.2) is 52.8 Å². The molecule has 0 aliphatic heterocycles. The Balaban J connectivity index is 1.92. The van der Waals surface area contributed by atoms with Crippen molar-refractivity contribution in [2.45, 2.75) is 53.2 Å². The summed E-state index contributed by atoms with van der Waals surface area (Å²) in [6, 6.07) is 11.1. The second-order valence-corrected chi connectivity index (χ2v) is 7.88. The third-order valence-corrected chi connectivity index (χ3v) is 3.29.